The van der Waals surface area contributed by atoms with Crippen LogP contribution in [0.15, 0.2) is 60.9 Å². The molecule has 0 spiro atoms. The lowest BCUT2D eigenvalue weighted by Gasteiger charge is -2.30. The summed E-state index contributed by atoms with van der Waals surface area (Å²) in [6.45, 7) is 6.27. The highest BCUT2D eigenvalue weighted by Gasteiger charge is 2.40. The van der Waals surface area contributed by atoms with Gasteiger partial charge >= 0.3 is 11.9 Å². The van der Waals surface area contributed by atoms with Crippen LogP contribution >= 0.6 is 0 Å². The number of carbonyl (C=O) groups is 8. The van der Waals surface area contributed by atoms with E-state index in [1.165, 1.54) is 18.7 Å². The normalized spacial score (nSPS) is 17.0. The number of likely N-dealkylation sites (tertiary alicyclic amines) is 1. The number of nitrogens with two attached hydrogens (primary N) is 1. The summed E-state index contributed by atoms with van der Waals surface area (Å²) in [4.78, 5) is 114. The van der Waals surface area contributed by atoms with Crippen LogP contribution in [0.5, 0.6) is 0 Å². The van der Waals surface area contributed by atoms with E-state index in [0.29, 0.717) is 12.0 Å². The van der Waals surface area contributed by atoms with Crippen LogP contribution in [-0.4, -0.2) is 133 Å². The molecule has 2 aromatic heterocycles. The zero-order valence-corrected chi connectivity index (χ0v) is 36.8. The fourth-order valence-corrected chi connectivity index (χ4v) is 7.95. The van der Waals surface area contributed by atoms with Gasteiger partial charge in [0.15, 0.2) is 0 Å². The molecule has 1 aliphatic heterocycles. The third-order valence-electron chi connectivity index (χ3n) is 11.4. The predicted octanol–water partition coefficient (Wildman–Crippen LogP) is 0.573. The van der Waals surface area contributed by atoms with E-state index >= 15 is 0 Å². The molecule has 12 N–H and O–H groups in total. The van der Waals surface area contributed by atoms with Crippen LogP contribution in [-0.2, 0) is 51.2 Å². The molecule has 0 saturated carbocycles. The average Bonchev–Trinajstić information content (AvgIpc) is 4.02. The molecular weight excluding hydrogens is 843 g/mol. The maximum Gasteiger partial charge on any atom is 0.325 e. The third-order valence-corrected chi connectivity index (χ3v) is 11.4. The summed E-state index contributed by atoms with van der Waals surface area (Å²) in [5.41, 5.74) is 9.45. The van der Waals surface area contributed by atoms with E-state index in [-0.39, 0.29) is 38.1 Å². The van der Waals surface area contributed by atoms with E-state index in [0.717, 1.165) is 27.4 Å². The number of H-pyrrole nitrogens is 2. The lowest BCUT2D eigenvalue weighted by Crippen LogP contribution is -2.61. The van der Waals surface area contributed by atoms with E-state index < -0.39 is 109 Å². The third kappa shape index (κ3) is 12.9. The zero-order valence-electron chi connectivity index (χ0n) is 36.8. The second-order valence-corrected chi connectivity index (χ2v) is 17.0. The Labute approximate surface area is 374 Å². The molecule has 8 atom stereocenters. The Kier molecular flexibility index (Phi) is 16.8. The lowest BCUT2D eigenvalue weighted by molar-refractivity contribution is -0.141. The van der Waals surface area contributed by atoms with Gasteiger partial charge in [0.2, 0.25) is 35.4 Å². The van der Waals surface area contributed by atoms with Gasteiger partial charge in [-0.15, -0.1) is 0 Å². The molecule has 0 radical (unpaired) electrons. The summed E-state index contributed by atoms with van der Waals surface area (Å²) in [5, 5.41) is 43.9. The summed E-state index contributed by atoms with van der Waals surface area (Å²) in [5.74, 6) is -7.68. The number of nitrogens with one attached hydrogen (secondary N) is 7. The number of hydrogen-bond donors (Lipinski definition) is 11. The van der Waals surface area contributed by atoms with Crippen molar-refractivity contribution in [3.8, 4) is 0 Å². The van der Waals surface area contributed by atoms with Gasteiger partial charge in [0.05, 0.1) is 12.1 Å². The molecule has 5 rings (SSSR count). The zero-order chi connectivity index (χ0) is 47.5. The molecule has 2 aromatic carbocycles. The molecule has 0 bridgehead atoms. The Morgan fingerprint density at radius 3 is 1.83 bits per heavy atom. The Morgan fingerprint density at radius 1 is 0.723 bits per heavy atom. The predicted molar refractivity (Wildman–Crippen MR) is 238 cm³/mol. The summed E-state index contributed by atoms with van der Waals surface area (Å²) in [6.07, 6.45) is 1.77. The number of rotatable bonds is 22. The van der Waals surface area contributed by atoms with Crippen LogP contribution in [0, 0.1) is 5.92 Å². The van der Waals surface area contributed by atoms with Crippen molar-refractivity contribution in [2.75, 3.05) is 6.54 Å². The Bertz CT molecular complexity index is 2380. The molecule has 1 fully saturated rings. The highest BCUT2D eigenvalue weighted by Crippen LogP contribution is 2.23. The second kappa shape index (κ2) is 22.2. The molecule has 0 aliphatic carbocycles. The minimum Gasteiger partial charge on any atom is -0.481 e. The first-order valence-electron chi connectivity index (χ1n) is 21.6. The number of benzene rings is 2. The summed E-state index contributed by atoms with van der Waals surface area (Å²) in [6, 6.07) is 5.54. The van der Waals surface area contributed by atoms with Crippen LogP contribution in [0.25, 0.3) is 21.8 Å². The Hall–Kier alpha value is -6.80. The van der Waals surface area contributed by atoms with Crippen molar-refractivity contribution < 1.29 is 53.7 Å². The van der Waals surface area contributed by atoms with Gasteiger partial charge in [-0.1, -0.05) is 50.2 Å². The fraction of sp³-hybridized carbons (Fsp3) is 0.467. The van der Waals surface area contributed by atoms with Gasteiger partial charge in [-0.3, -0.25) is 38.4 Å². The quantitative estimate of drug-likeness (QED) is 0.0516. The van der Waals surface area contributed by atoms with Gasteiger partial charge in [0.1, 0.15) is 36.3 Å². The highest BCUT2D eigenvalue weighted by molar-refractivity contribution is 5.98. The van der Waals surface area contributed by atoms with Crippen molar-refractivity contribution in [2.24, 2.45) is 11.7 Å². The molecular formula is C45H59N9O11. The number of para-hydroxylation sites is 2. The number of carboxylic acids is 2. The smallest absolute Gasteiger partial charge is 0.325 e. The number of aliphatic carboxylic acids is 2. The Morgan fingerprint density at radius 2 is 1.26 bits per heavy atom. The standard InChI is InChI=1S/C45H59N9O11/c1-23(2)18-34(52-43(62)38(25(4)55)53-42(61)36-14-9-17-54(36)44(63)30(46)19-26-21-47-31-12-7-5-10-28(26)31)41(60)50-33(15-16-37(56)57)39(58)51-35(40(59)49-24(3)45(64)65)20-27-22-48-32-13-8-6-11-29(27)32/h5-8,10-13,21-25,30,33-36,38,47-48,55H,9,14-20,46H2,1-4H3,(H,49,59)(H,50,60)(H,51,58)(H,52,62)(H,53,61)(H,56,57)(H,64,65)/t24-,25+,30-,33-,34-,35-,36-,38-/m0/s1. The number of hydrogen-bond acceptors (Lipinski definition) is 10. The van der Waals surface area contributed by atoms with Gasteiger partial charge in [-0.25, -0.2) is 0 Å². The van der Waals surface area contributed by atoms with Gasteiger partial charge < -0.3 is 62.5 Å². The molecule has 4 aromatic rings. The van der Waals surface area contributed by atoms with Crippen LogP contribution in [0.4, 0.5) is 0 Å². The maximum absolute atomic E-state index is 14.0. The molecule has 65 heavy (non-hydrogen) atoms. The van der Waals surface area contributed by atoms with Crippen molar-refractivity contribution in [3.05, 3.63) is 72.1 Å². The summed E-state index contributed by atoms with van der Waals surface area (Å²) in [7, 11) is 0. The minimum absolute atomic E-state index is 0.00319. The monoisotopic (exact) mass is 901 g/mol. The van der Waals surface area contributed by atoms with Crippen molar-refractivity contribution in [3.63, 3.8) is 0 Å². The van der Waals surface area contributed by atoms with Crippen molar-refractivity contribution >= 4 is 69.2 Å². The number of carbonyl (C=O) groups excluding carboxylic acids is 6. The van der Waals surface area contributed by atoms with E-state index in [2.05, 4.69) is 36.6 Å². The number of fused-ring (bicyclic) bond motifs is 2. The molecule has 3 heterocycles. The van der Waals surface area contributed by atoms with Gasteiger partial charge in [-0.2, -0.15) is 0 Å². The number of aromatic nitrogens is 2. The molecule has 350 valence electrons. The largest absolute Gasteiger partial charge is 0.481 e. The molecule has 1 aliphatic rings. The van der Waals surface area contributed by atoms with Crippen LogP contribution < -0.4 is 32.3 Å². The number of nitrogens with zero attached hydrogens (tertiary/aromatic N) is 1. The Balaban J connectivity index is 1.28. The van der Waals surface area contributed by atoms with E-state index in [1.54, 1.807) is 50.5 Å². The maximum atomic E-state index is 14.0. The molecule has 20 heteroatoms. The van der Waals surface area contributed by atoms with Crippen LogP contribution in [0.1, 0.15) is 70.9 Å². The first-order chi connectivity index (χ1) is 30.8. The molecule has 20 nitrogen and oxygen atoms in total. The fourth-order valence-electron chi connectivity index (χ4n) is 7.95. The van der Waals surface area contributed by atoms with Gasteiger partial charge in [-0.05, 0) is 75.1 Å². The second-order valence-electron chi connectivity index (χ2n) is 17.0. The highest BCUT2D eigenvalue weighted by atomic mass is 16.4. The van der Waals surface area contributed by atoms with Crippen molar-refractivity contribution in [1.29, 1.82) is 0 Å². The van der Waals surface area contributed by atoms with Crippen LogP contribution in [0.2, 0.25) is 0 Å². The van der Waals surface area contributed by atoms with Crippen molar-refractivity contribution in [2.45, 2.75) is 121 Å². The number of carboxylic acid groups (broad SMARTS) is 2. The SMILES string of the molecule is CC(C)C[C@H](NC(=O)[C@@H](NC(=O)[C@@H]1CCCN1C(=O)[C@@H](N)Cc1c[nH]c2ccccc12)[C@@H](C)O)C(=O)N[C@@H](CCC(=O)O)C(=O)N[C@@H](Cc1c[nH]c2ccccc12)C(=O)N[C@@H](C)C(=O)O. The first kappa shape index (κ1) is 49.2. The van der Waals surface area contributed by atoms with E-state index in [4.69, 9.17) is 5.73 Å². The molecule has 1 saturated heterocycles. The number of aliphatic hydroxyl groups excluding tert-OH is 1. The lowest BCUT2D eigenvalue weighted by atomic mass is 10.0. The summed E-state index contributed by atoms with van der Waals surface area (Å²) >= 11 is 0. The summed E-state index contributed by atoms with van der Waals surface area (Å²) < 4.78 is 0. The first-order valence-corrected chi connectivity index (χ1v) is 21.6. The molecule has 0 unspecified atom stereocenters. The van der Waals surface area contributed by atoms with E-state index in [9.17, 15) is 53.7 Å². The minimum atomic E-state index is -1.59. The van der Waals surface area contributed by atoms with Gasteiger partial charge in [0.25, 0.3) is 0 Å². The molecule has 6 amide bonds. The van der Waals surface area contributed by atoms with Gasteiger partial charge in [0, 0.05) is 53.6 Å². The number of aliphatic hydroxyl groups is 1. The topological polar surface area (TPSA) is 318 Å². The number of aromatic amines is 2. The van der Waals surface area contributed by atoms with Crippen molar-refractivity contribution in [1.82, 2.24) is 41.5 Å². The van der Waals surface area contributed by atoms with Crippen LogP contribution in [0.3, 0.4) is 0 Å². The number of amides is 6. The van der Waals surface area contributed by atoms with E-state index in [1.807, 2.05) is 24.3 Å². The average molecular weight is 902 g/mol.